The van der Waals surface area contributed by atoms with Gasteiger partial charge >= 0.3 is 5.69 Å². The molecule has 3 heterocycles. The quantitative estimate of drug-likeness (QED) is 0.599. The summed E-state index contributed by atoms with van der Waals surface area (Å²) in [5.41, 5.74) is 1.26. The molecule has 1 aromatic carbocycles. The maximum Gasteiger partial charge on any atom is 0.347 e. The molecule has 0 spiro atoms. The minimum Gasteiger partial charge on any atom is -0.325 e. The number of benzene rings is 1. The Morgan fingerprint density at radius 3 is 2.50 bits per heavy atom. The highest BCUT2D eigenvalue weighted by molar-refractivity contribution is 6.08. The molecule has 0 saturated carbocycles. The number of amides is 2. The molecule has 3 aromatic rings. The molecule has 1 saturated heterocycles. The van der Waals surface area contributed by atoms with Gasteiger partial charge in [0.1, 0.15) is 0 Å². The highest BCUT2D eigenvalue weighted by Crippen LogP contribution is 2.17. The van der Waals surface area contributed by atoms with E-state index in [0.29, 0.717) is 17.9 Å². The fourth-order valence-corrected chi connectivity index (χ4v) is 3.68. The summed E-state index contributed by atoms with van der Waals surface area (Å²) in [6.07, 6.45) is 6.24. The van der Waals surface area contributed by atoms with Crippen molar-refractivity contribution in [1.29, 1.82) is 0 Å². The molecule has 9 nitrogen and oxygen atoms in total. The van der Waals surface area contributed by atoms with E-state index >= 15 is 0 Å². The van der Waals surface area contributed by atoms with Gasteiger partial charge in [0.25, 0.3) is 5.91 Å². The number of nitrogens with one attached hydrogen (secondary N) is 3. The lowest BCUT2D eigenvalue weighted by Crippen LogP contribution is -2.33. The van der Waals surface area contributed by atoms with Crippen molar-refractivity contribution in [2.45, 2.75) is 25.7 Å². The summed E-state index contributed by atoms with van der Waals surface area (Å²) in [6, 6.07) is 10.2. The molecule has 0 atom stereocenters. The Labute approximate surface area is 173 Å². The molecule has 1 fully saturated rings. The van der Waals surface area contributed by atoms with Crippen LogP contribution in [0.5, 0.6) is 0 Å². The summed E-state index contributed by atoms with van der Waals surface area (Å²) in [5, 5.41) is 11.9. The zero-order chi connectivity index (χ0) is 20.9. The van der Waals surface area contributed by atoms with Crippen LogP contribution in [-0.2, 0) is 4.79 Å². The van der Waals surface area contributed by atoms with Crippen molar-refractivity contribution in [3.63, 3.8) is 0 Å². The number of fused-ring (bicyclic) bond motifs is 1. The van der Waals surface area contributed by atoms with Gasteiger partial charge in [-0.05, 0) is 56.3 Å². The summed E-state index contributed by atoms with van der Waals surface area (Å²) in [7, 11) is 0. The molecule has 0 unspecified atom stereocenters. The molecule has 1 aliphatic rings. The normalized spacial score (nSPS) is 14.9. The number of anilines is 2. The maximum absolute atomic E-state index is 12.7. The van der Waals surface area contributed by atoms with E-state index in [1.54, 1.807) is 42.6 Å². The number of rotatable bonds is 5. The van der Waals surface area contributed by atoms with Crippen LogP contribution in [0.2, 0.25) is 0 Å². The largest absolute Gasteiger partial charge is 0.347 e. The summed E-state index contributed by atoms with van der Waals surface area (Å²) < 4.78 is 1.27. The lowest BCUT2D eigenvalue weighted by Gasteiger charge is -2.19. The number of aromatic nitrogens is 3. The van der Waals surface area contributed by atoms with Crippen LogP contribution in [0, 0.1) is 0 Å². The summed E-state index contributed by atoms with van der Waals surface area (Å²) in [6.45, 7) is 2.27. The second-order valence-corrected chi connectivity index (χ2v) is 7.42. The van der Waals surface area contributed by atoms with E-state index in [2.05, 4.69) is 25.7 Å². The van der Waals surface area contributed by atoms with Gasteiger partial charge in [-0.25, -0.2) is 14.3 Å². The van der Waals surface area contributed by atoms with Gasteiger partial charge in [-0.1, -0.05) is 18.9 Å². The van der Waals surface area contributed by atoms with Crippen LogP contribution in [0.1, 0.15) is 36.0 Å². The third kappa shape index (κ3) is 4.57. The van der Waals surface area contributed by atoms with E-state index in [1.807, 2.05) is 0 Å². The fourth-order valence-electron chi connectivity index (χ4n) is 3.68. The Morgan fingerprint density at radius 1 is 1.00 bits per heavy atom. The summed E-state index contributed by atoms with van der Waals surface area (Å²) in [4.78, 5) is 39.0. The monoisotopic (exact) mass is 408 g/mol. The van der Waals surface area contributed by atoms with Gasteiger partial charge < -0.3 is 10.6 Å². The van der Waals surface area contributed by atoms with E-state index in [-0.39, 0.29) is 17.1 Å². The van der Waals surface area contributed by atoms with Gasteiger partial charge in [-0.3, -0.25) is 14.5 Å². The van der Waals surface area contributed by atoms with Crippen LogP contribution in [-0.4, -0.2) is 50.9 Å². The lowest BCUT2D eigenvalue weighted by atomic mass is 10.2. The Bertz CT molecular complexity index is 1110. The first-order chi connectivity index (χ1) is 14.6. The van der Waals surface area contributed by atoms with E-state index in [9.17, 15) is 14.4 Å². The van der Waals surface area contributed by atoms with E-state index in [1.165, 1.54) is 17.2 Å². The van der Waals surface area contributed by atoms with Crippen molar-refractivity contribution in [1.82, 2.24) is 19.5 Å². The van der Waals surface area contributed by atoms with Crippen molar-refractivity contribution in [2.75, 3.05) is 30.3 Å². The Balaban J connectivity index is 1.42. The van der Waals surface area contributed by atoms with E-state index < -0.39 is 11.6 Å². The second kappa shape index (κ2) is 8.91. The summed E-state index contributed by atoms with van der Waals surface area (Å²) >= 11 is 0. The molecule has 9 heteroatoms. The maximum atomic E-state index is 12.7. The Kier molecular flexibility index (Phi) is 5.89. The summed E-state index contributed by atoms with van der Waals surface area (Å²) in [5.74, 6) is -0.464. The van der Waals surface area contributed by atoms with Gasteiger partial charge in [0.15, 0.2) is 5.65 Å². The minimum absolute atomic E-state index is 0.0685. The van der Waals surface area contributed by atoms with Crippen molar-refractivity contribution in [3.8, 4) is 0 Å². The van der Waals surface area contributed by atoms with Crippen LogP contribution in [0.4, 0.5) is 11.4 Å². The van der Waals surface area contributed by atoms with Crippen LogP contribution >= 0.6 is 0 Å². The molecule has 2 aromatic heterocycles. The number of hydrogen-bond acceptors (Lipinski definition) is 5. The third-order valence-corrected chi connectivity index (χ3v) is 5.16. The first-order valence-electron chi connectivity index (χ1n) is 10.1. The van der Waals surface area contributed by atoms with Gasteiger partial charge in [0.2, 0.25) is 5.91 Å². The predicted octanol–water partition coefficient (Wildman–Crippen LogP) is 2.09. The highest BCUT2D eigenvalue weighted by Gasteiger charge is 2.15. The molecule has 0 radical (unpaired) electrons. The van der Waals surface area contributed by atoms with Crippen molar-refractivity contribution >= 4 is 28.8 Å². The number of nitrogens with zero attached hydrogens (tertiary/aromatic N) is 3. The number of likely N-dealkylation sites (tertiary alicyclic amines) is 1. The molecule has 156 valence electrons. The Hall–Kier alpha value is -3.46. The van der Waals surface area contributed by atoms with Crippen molar-refractivity contribution < 1.29 is 9.59 Å². The van der Waals surface area contributed by atoms with E-state index in [4.69, 9.17) is 0 Å². The molecule has 1 aliphatic heterocycles. The predicted molar refractivity (Wildman–Crippen MR) is 114 cm³/mol. The lowest BCUT2D eigenvalue weighted by molar-refractivity contribution is -0.117. The van der Waals surface area contributed by atoms with Gasteiger partial charge in [-0.15, -0.1) is 0 Å². The fraction of sp³-hybridized carbons (Fsp3) is 0.333. The topological polar surface area (TPSA) is 112 Å². The average Bonchev–Trinajstić information content (AvgIpc) is 2.94. The van der Waals surface area contributed by atoms with Crippen LogP contribution in [0.15, 0.2) is 47.4 Å². The van der Waals surface area contributed by atoms with Gasteiger partial charge in [-0.2, -0.15) is 5.10 Å². The average molecular weight is 408 g/mol. The number of aromatic amines is 1. The molecular weight excluding hydrogens is 384 g/mol. The van der Waals surface area contributed by atoms with Gasteiger partial charge in [0, 0.05) is 17.6 Å². The molecule has 0 aliphatic carbocycles. The van der Waals surface area contributed by atoms with Crippen LogP contribution in [0.3, 0.4) is 0 Å². The molecule has 30 heavy (non-hydrogen) atoms. The smallest absolute Gasteiger partial charge is 0.325 e. The molecule has 3 N–H and O–H groups in total. The standard InChI is InChI=1S/C21H24N6O3/c28-18(14-26-10-3-1-2-4-11-26)22-15-7-5-8-16(13-15)23-20(29)17-9-6-12-27-19(17)24-25-21(27)30/h5-9,12-13H,1-4,10-11,14H2,(H,22,28)(H,23,29)(H,25,30). The molecule has 2 amide bonds. The number of pyridine rings is 1. The van der Waals surface area contributed by atoms with Crippen molar-refractivity contribution in [2.24, 2.45) is 0 Å². The van der Waals surface area contributed by atoms with Crippen LogP contribution in [0.25, 0.3) is 5.65 Å². The highest BCUT2D eigenvalue weighted by atomic mass is 16.2. The zero-order valence-corrected chi connectivity index (χ0v) is 16.6. The number of H-pyrrole nitrogens is 1. The number of carbonyl (C=O) groups is 2. The van der Waals surface area contributed by atoms with Crippen LogP contribution < -0.4 is 16.3 Å². The first-order valence-corrected chi connectivity index (χ1v) is 10.1. The first kappa shape index (κ1) is 19.8. The Morgan fingerprint density at radius 2 is 1.73 bits per heavy atom. The second-order valence-electron chi connectivity index (χ2n) is 7.42. The third-order valence-electron chi connectivity index (χ3n) is 5.16. The van der Waals surface area contributed by atoms with Crippen molar-refractivity contribution in [3.05, 3.63) is 58.6 Å². The number of carbonyl (C=O) groups excluding carboxylic acids is 2. The van der Waals surface area contributed by atoms with Gasteiger partial charge in [0.05, 0.1) is 12.1 Å². The molecular formula is C21H24N6O3. The van der Waals surface area contributed by atoms with E-state index in [0.717, 1.165) is 25.9 Å². The molecule has 4 rings (SSSR count). The SMILES string of the molecule is O=C(CN1CCCCCC1)Nc1cccc(NC(=O)c2cccn3c(=O)[nH]nc23)c1. The molecule has 0 bridgehead atoms. The number of hydrogen-bond donors (Lipinski definition) is 3. The minimum atomic E-state index is -0.409. The zero-order valence-electron chi connectivity index (χ0n) is 16.6.